The zero-order valence-electron chi connectivity index (χ0n) is 14.0. The lowest BCUT2D eigenvalue weighted by atomic mass is 10.1. The van der Waals surface area contributed by atoms with Gasteiger partial charge in [-0.25, -0.2) is 9.82 Å². The lowest BCUT2D eigenvalue weighted by Crippen LogP contribution is -2.20. The van der Waals surface area contributed by atoms with Gasteiger partial charge in [-0.3, -0.25) is 9.59 Å². The molecule has 0 aliphatic carbocycles. The van der Waals surface area contributed by atoms with Gasteiger partial charge in [0.1, 0.15) is 5.82 Å². The topological polar surface area (TPSA) is 70.6 Å². The number of anilines is 1. The molecular weight excluding hydrogens is 321 g/mol. The summed E-state index contributed by atoms with van der Waals surface area (Å²) in [6, 6.07) is 13.6. The van der Waals surface area contributed by atoms with Gasteiger partial charge in [0.15, 0.2) is 0 Å². The molecule has 130 valence electrons. The number of nitrogens with one attached hydrogen (secondary N) is 2. The fourth-order valence-corrected chi connectivity index (χ4v) is 2.08. The highest BCUT2D eigenvalue weighted by molar-refractivity contribution is 5.93. The first-order valence-corrected chi connectivity index (χ1v) is 8.03. The number of rotatable bonds is 7. The van der Waals surface area contributed by atoms with Crippen molar-refractivity contribution in [3.05, 3.63) is 65.5 Å². The Bertz CT molecular complexity index is 758. The third-order valence-corrected chi connectivity index (χ3v) is 3.52. The fraction of sp³-hybridized carbons (Fsp3) is 0.211. The number of nitrogens with zero attached hydrogens (tertiary/aromatic N) is 1. The van der Waals surface area contributed by atoms with Crippen molar-refractivity contribution in [2.75, 3.05) is 5.32 Å². The van der Waals surface area contributed by atoms with Crippen LogP contribution in [0.3, 0.4) is 0 Å². The zero-order valence-corrected chi connectivity index (χ0v) is 14.0. The summed E-state index contributed by atoms with van der Waals surface area (Å²) in [7, 11) is 0. The van der Waals surface area contributed by atoms with E-state index in [2.05, 4.69) is 22.8 Å². The Morgan fingerprint density at radius 1 is 1.04 bits per heavy atom. The van der Waals surface area contributed by atoms with Crippen LogP contribution in [0.2, 0.25) is 0 Å². The van der Waals surface area contributed by atoms with Crippen molar-refractivity contribution in [2.45, 2.75) is 26.2 Å². The van der Waals surface area contributed by atoms with E-state index in [1.54, 1.807) is 18.2 Å². The Hall–Kier alpha value is -3.02. The van der Waals surface area contributed by atoms with Crippen LogP contribution in [0.5, 0.6) is 0 Å². The van der Waals surface area contributed by atoms with Crippen molar-refractivity contribution in [1.82, 2.24) is 5.43 Å². The van der Waals surface area contributed by atoms with Gasteiger partial charge in [0.25, 0.3) is 0 Å². The summed E-state index contributed by atoms with van der Waals surface area (Å²) in [5.41, 5.74) is 4.43. The molecule has 6 heteroatoms. The first-order valence-electron chi connectivity index (χ1n) is 8.03. The van der Waals surface area contributed by atoms with Gasteiger partial charge < -0.3 is 5.32 Å². The summed E-state index contributed by atoms with van der Waals surface area (Å²) in [6.45, 7) is 2.06. The summed E-state index contributed by atoms with van der Waals surface area (Å²) in [5, 5.41) is 6.42. The first kappa shape index (κ1) is 18.3. The van der Waals surface area contributed by atoms with Crippen molar-refractivity contribution in [2.24, 2.45) is 5.10 Å². The number of hydrogen-bond donors (Lipinski definition) is 2. The summed E-state index contributed by atoms with van der Waals surface area (Å²) in [5.74, 6) is -1.09. The second-order valence-corrected chi connectivity index (χ2v) is 5.41. The normalized spacial score (nSPS) is 10.6. The Morgan fingerprint density at radius 3 is 2.40 bits per heavy atom. The quantitative estimate of drug-likeness (QED) is 0.599. The highest BCUT2D eigenvalue weighted by atomic mass is 19.1. The molecule has 0 bridgehead atoms. The van der Waals surface area contributed by atoms with Gasteiger partial charge in [-0.15, -0.1) is 0 Å². The molecular formula is C19H20FN3O2. The van der Waals surface area contributed by atoms with Crippen LogP contribution in [0.1, 0.15) is 30.9 Å². The van der Waals surface area contributed by atoms with Gasteiger partial charge in [-0.05, 0) is 30.2 Å². The van der Waals surface area contributed by atoms with E-state index >= 15 is 0 Å². The Balaban J connectivity index is 1.73. The predicted molar refractivity (Wildman–Crippen MR) is 95.8 cm³/mol. The Morgan fingerprint density at radius 2 is 1.72 bits per heavy atom. The second-order valence-electron chi connectivity index (χ2n) is 5.41. The maximum absolute atomic E-state index is 13.4. The average Bonchev–Trinajstić information content (AvgIpc) is 2.62. The molecule has 25 heavy (non-hydrogen) atoms. The van der Waals surface area contributed by atoms with Gasteiger partial charge in [0, 0.05) is 24.1 Å². The van der Waals surface area contributed by atoms with Crippen LogP contribution >= 0.6 is 0 Å². The van der Waals surface area contributed by atoms with Crippen LogP contribution in [0, 0.1) is 5.82 Å². The molecule has 2 amide bonds. The van der Waals surface area contributed by atoms with Gasteiger partial charge in [-0.1, -0.05) is 37.3 Å². The molecule has 0 unspecified atom stereocenters. The molecule has 0 saturated carbocycles. The van der Waals surface area contributed by atoms with Gasteiger partial charge >= 0.3 is 0 Å². The van der Waals surface area contributed by atoms with E-state index < -0.39 is 11.7 Å². The Labute approximate surface area is 145 Å². The summed E-state index contributed by atoms with van der Waals surface area (Å²) in [6.07, 6.45) is 2.19. The molecule has 0 aliphatic rings. The summed E-state index contributed by atoms with van der Waals surface area (Å²) >= 11 is 0. The number of carbonyl (C=O) groups excluding carboxylic acids is 2. The monoisotopic (exact) mass is 341 g/mol. The van der Waals surface area contributed by atoms with Gasteiger partial charge in [-0.2, -0.15) is 5.10 Å². The van der Waals surface area contributed by atoms with Crippen LogP contribution in [0.4, 0.5) is 10.1 Å². The minimum atomic E-state index is -0.422. The van der Waals surface area contributed by atoms with Crippen molar-refractivity contribution in [1.29, 1.82) is 0 Å². The molecule has 0 aliphatic heterocycles. The molecule has 2 aromatic carbocycles. The van der Waals surface area contributed by atoms with Crippen molar-refractivity contribution < 1.29 is 14.0 Å². The van der Waals surface area contributed by atoms with Crippen LogP contribution in [0.25, 0.3) is 0 Å². The standard InChI is InChI=1S/C19H20FN3O2/c1-2-14-7-9-16(10-8-14)22-18(24)11-12-19(25)23-21-13-15-5-3-4-6-17(15)20/h3-10,13H,2,11-12H2,1H3,(H,22,24)(H,23,25)/b21-13-. The van der Waals surface area contributed by atoms with E-state index in [9.17, 15) is 14.0 Å². The highest BCUT2D eigenvalue weighted by Gasteiger charge is 2.07. The van der Waals surface area contributed by atoms with E-state index in [1.165, 1.54) is 17.8 Å². The predicted octanol–water partition coefficient (Wildman–Crippen LogP) is 3.26. The Kier molecular flexibility index (Phi) is 6.83. The first-order chi connectivity index (χ1) is 12.1. The van der Waals surface area contributed by atoms with E-state index in [-0.39, 0.29) is 24.3 Å². The molecule has 0 aromatic heterocycles. The van der Waals surface area contributed by atoms with Crippen molar-refractivity contribution >= 4 is 23.7 Å². The number of benzene rings is 2. The minimum absolute atomic E-state index is 0.00646. The zero-order chi connectivity index (χ0) is 18.1. The molecule has 0 atom stereocenters. The van der Waals surface area contributed by atoms with E-state index in [0.29, 0.717) is 5.69 Å². The third-order valence-electron chi connectivity index (χ3n) is 3.52. The fourth-order valence-electron chi connectivity index (χ4n) is 2.08. The van der Waals surface area contributed by atoms with E-state index in [0.717, 1.165) is 6.42 Å². The van der Waals surface area contributed by atoms with Gasteiger partial charge in [0.2, 0.25) is 11.8 Å². The van der Waals surface area contributed by atoms with Crippen LogP contribution in [-0.2, 0) is 16.0 Å². The van der Waals surface area contributed by atoms with E-state index in [4.69, 9.17) is 0 Å². The minimum Gasteiger partial charge on any atom is -0.326 e. The molecule has 2 aromatic rings. The largest absolute Gasteiger partial charge is 0.326 e. The lowest BCUT2D eigenvalue weighted by molar-refractivity contribution is -0.124. The maximum Gasteiger partial charge on any atom is 0.240 e. The molecule has 2 N–H and O–H groups in total. The number of amides is 2. The maximum atomic E-state index is 13.4. The van der Waals surface area contributed by atoms with Crippen LogP contribution in [-0.4, -0.2) is 18.0 Å². The molecule has 5 nitrogen and oxygen atoms in total. The number of halogens is 1. The molecule has 0 radical (unpaired) electrons. The highest BCUT2D eigenvalue weighted by Crippen LogP contribution is 2.10. The smallest absolute Gasteiger partial charge is 0.240 e. The molecule has 0 saturated heterocycles. The number of hydrogen-bond acceptors (Lipinski definition) is 3. The summed E-state index contributed by atoms with van der Waals surface area (Å²) < 4.78 is 13.4. The molecule has 0 spiro atoms. The van der Waals surface area contributed by atoms with Crippen molar-refractivity contribution in [3.63, 3.8) is 0 Å². The number of carbonyl (C=O) groups is 2. The second kappa shape index (κ2) is 9.32. The average molecular weight is 341 g/mol. The third kappa shape index (κ3) is 6.18. The van der Waals surface area contributed by atoms with E-state index in [1.807, 2.05) is 24.3 Å². The molecule has 0 fully saturated rings. The SMILES string of the molecule is CCc1ccc(NC(=O)CCC(=O)N/N=C\c2ccccc2F)cc1. The van der Waals surface area contributed by atoms with Crippen LogP contribution < -0.4 is 10.7 Å². The summed E-state index contributed by atoms with van der Waals surface area (Å²) in [4.78, 5) is 23.5. The molecule has 0 heterocycles. The van der Waals surface area contributed by atoms with Gasteiger partial charge in [0.05, 0.1) is 6.21 Å². The molecule has 2 rings (SSSR count). The van der Waals surface area contributed by atoms with Crippen molar-refractivity contribution in [3.8, 4) is 0 Å². The number of hydrazone groups is 1. The lowest BCUT2D eigenvalue weighted by Gasteiger charge is -2.05. The van der Waals surface area contributed by atoms with Crippen LogP contribution in [0.15, 0.2) is 53.6 Å². The number of aryl methyl sites for hydroxylation is 1.